The molecule has 6 nitrogen and oxygen atoms in total. The molecule has 0 aromatic heterocycles. The van der Waals surface area contributed by atoms with Crippen LogP contribution in [0.25, 0.3) is 0 Å². The van der Waals surface area contributed by atoms with Crippen LogP contribution in [0.3, 0.4) is 0 Å². The number of hydrogen-bond acceptors (Lipinski definition) is 5. The highest BCUT2D eigenvalue weighted by molar-refractivity contribution is 5.95. The minimum absolute atomic E-state index is 0.0193. The quantitative estimate of drug-likeness (QED) is 0.640. The van der Waals surface area contributed by atoms with Crippen molar-refractivity contribution in [3.63, 3.8) is 0 Å². The van der Waals surface area contributed by atoms with E-state index in [-0.39, 0.29) is 41.0 Å². The molecule has 140 valence electrons. The Bertz CT molecular complexity index is 940. The Morgan fingerprint density at radius 2 is 2.22 bits per heavy atom. The van der Waals surface area contributed by atoms with Gasteiger partial charge in [-0.15, -0.1) is 0 Å². The number of amides is 1. The predicted molar refractivity (Wildman–Crippen MR) is 96.9 cm³/mol. The molecule has 4 aliphatic heterocycles. The molecule has 1 N–H and O–H groups in total. The molecule has 5 atom stereocenters. The normalized spacial score (nSPS) is 40.0. The lowest BCUT2D eigenvalue weighted by molar-refractivity contribution is -0.141. The highest BCUT2D eigenvalue weighted by atomic mass is 16.6. The number of nitrogens with zero attached hydrogens (tertiary/aromatic N) is 1. The first-order chi connectivity index (χ1) is 13.1. The van der Waals surface area contributed by atoms with Gasteiger partial charge in [0.2, 0.25) is 0 Å². The number of anilines is 1. The number of benzene rings is 1. The highest BCUT2D eigenvalue weighted by Gasteiger charge is 2.76. The van der Waals surface area contributed by atoms with Gasteiger partial charge in [-0.25, -0.2) is 4.79 Å². The van der Waals surface area contributed by atoms with Crippen LogP contribution in [0.15, 0.2) is 35.5 Å². The number of hydrogen-bond donors (Lipinski definition) is 1. The summed E-state index contributed by atoms with van der Waals surface area (Å²) in [6.07, 6.45) is 1.84. The van der Waals surface area contributed by atoms with Gasteiger partial charge < -0.3 is 19.7 Å². The van der Waals surface area contributed by atoms with Gasteiger partial charge in [0.15, 0.2) is 6.10 Å². The van der Waals surface area contributed by atoms with Crippen molar-refractivity contribution >= 4 is 17.6 Å². The van der Waals surface area contributed by atoms with E-state index < -0.39 is 0 Å². The molecule has 6 rings (SSSR count). The minimum Gasteiger partial charge on any atom is -0.466 e. The molecular formula is C21H22N2O4. The predicted octanol–water partition coefficient (Wildman–Crippen LogP) is 1.96. The van der Waals surface area contributed by atoms with Crippen LogP contribution in [0.1, 0.15) is 31.7 Å². The molecule has 5 aliphatic rings. The summed E-state index contributed by atoms with van der Waals surface area (Å²) in [5.74, 6) is -0.153. The molecule has 0 radical (unpaired) electrons. The van der Waals surface area contributed by atoms with E-state index >= 15 is 0 Å². The van der Waals surface area contributed by atoms with E-state index in [2.05, 4.69) is 29.3 Å². The summed E-state index contributed by atoms with van der Waals surface area (Å²) in [5.41, 5.74) is 3.27. The van der Waals surface area contributed by atoms with Crippen molar-refractivity contribution in [3.05, 3.63) is 41.1 Å². The monoisotopic (exact) mass is 366 g/mol. The van der Waals surface area contributed by atoms with Crippen LogP contribution >= 0.6 is 0 Å². The maximum atomic E-state index is 13.0. The first-order valence-corrected chi connectivity index (χ1v) is 9.73. The second-order valence-electron chi connectivity index (χ2n) is 8.41. The summed E-state index contributed by atoms with van der Waals surface area (Å²) >= 11 is 0. The Hall–Kier alpha value is -2.34. The number of rotatable bonds is 2. The summed E-state index contributed by atoms with van der Waals surface area (Å²) in [6.45, 7) is 2.86. The van der Waals surface area contributed by atoms with Gasteiger partial charge in [-0.2, -0.15) is 0 Å². The first kappa shape index (κ1) is 15.7. The lowest BCUT2D eigenvalue weighted by atomic mass is 9.53. The largest absolute Gasteiger partial charge is 0.466 e. The first-order valence-electron chi connectivity index (χ1n) is 9.73. The third kappa shape index (κ3) is 1.55. The van der Waals surface area contributed by atoms with E-state index in [0.717, 1.165) is 29.8 Å². The third-order valence-corrected chi connectivity index (χ3v) is 7.67. The van der Waals surface area contributed by atoms with E-state index in [0.29, 0.717) is 13.0 Å². The van der Waals surface area contributed by atoms with Gasteiger partial charge in [0.1, 0.15) is 6.10 Å². The van der Waals surface area contributed by atoms with Gasteiger partial charge >= 0.3 is 5.97 Å². The number of esters is 1. The molecule has 1 amide bonds. The second kappa shape index (κ2) is 4.73. The van der Waals surface area contributed by atoms with Crippen molar-refractivity contribution in [2.24, 2.45) is 5.41 Å². The number of nitrogens with one attached hydrogen (secondary N) is 1. The average molecular weight is 366 g/mol. The molecule has 6 heteroatoms. The maximum Gasteiger partial charge on any atom is 0.335 e. The van der Waals surface area contributed by atoms with Crippen LogP contribution in [-0.2, 0) is 24.5 Å². The number of fused-ring (bicyclic) bond motifs is 3. The number of epoxide rings is 1. The zero-order valence-electron chi connectivity index (χ0n) is 15.5. The van der Waals surface area contributed by atoms with Gasteiger partial charge in [-0.3, -0.25) is 4.79 Å². The van der Waals surface area contributed by atoms with Gasteiger partial charge in [-0.05, 0) is 30.9 Å². The average Bonchev–Trinajstić information content (AvgIpc) is 3.31. The van der Waals surface area contributed by atoms with Crippen molar-refractivity contribution in [1.82, 2.24) is 4.90 Å². The minimum atomic E-state index is -0.374. The van der Waals surface area contributed by atoms with Crippen LogP contribution < -0.4 is 5.32 Å². The zero-order chi connectivity index (χ0) is 18.6. The summed E-state index contributed by atoms with van der Waals surface area (Å²) in [7, 11) is 1.44. The lowest BCUT2D eigenvalue weighted by Gasteiger charge is -2.54. The number of methoxy groups -OCH3 is 1. The smallest absolute Gasteiger partial charge is 0.335 e. The third-order valence-electron chi connectivity index (χ3n) is 7.67. The Balaban J connectivity index is 1.68. The van der Waals surface area contributed by atoms with Crippen LogP contribution in [-0.4, -0.2) is 48.7 Å². The molecule has 3 saturated heterocycles. The molecule has 0 saturated carbocycles. The highest BCUT2D eigenvalue weighted by Crippen LogP contribution is 2.68. The van der Waals surface area contributed by atoms with Gasteiger partial charge in [0.05, 0.1) is 24.1 Å². The van der Waals surface area contributed by atoms with Crippen molar-refractivity contribution < 1.29 is 19.1 Å². The van der Waals surface area contributed by atoms with E-state index in [1.54, 1.807) is 0 Å². The Kier molecular flexibility index (Phi) is 2.75. The standard InChI is InChI=1S/C21H22N2O4/c1-3-20-10-11(18(25)26-2)15-21(12-6-4-5-7-13(12)22-15)8-9-23(19(20)21)17(24)14-16(20)27-14/h4-7,14,16,19,22H,3,8-10H2,1-2H3. The number of para-hydroxylation sites is 1. The molecule has 3 fully saturated rings. The molecule has 0 bridgehead atoms. The SMILES string of the molecule is CCC12CC(C(=O)OC)=C3Nc4ccccc4C34CCN(C(=O)C3OC31)C42. The molecule has 27 heavy (non-hydrogen) atoms. The van der Waals surface area contributed by atoms with Crippen molar-refractivity contribution in [3.8, 4) is 0 Å². The summed E-state index contributed by atoms with van der Waals surface area (Å²) in [4.78, 5) is 27.8. The number of ether oxygens (including phenoxy) is 2. The van der Waals surface area contributed by atoms with Crippen LogP contribution in [0.5, 0.6) is 0 Å². The fourth-order valence-electron chi connectivity index (χ4n) is 6.61. The van der Waals surface area contributed by atoms with Gasteiger partial charge in [-0.1, -0.05) is 25.1 Å². The van der Waals surface area contributed by atoms with E-state index in [4.69, 9.17) is 9.47 Å². The molecule has 1 aromatic rings. The van der Waals surface area contributed by atoms with Crippen LogP contribution in [0.2, 0.25) is 0 Å². The summed E-state index contributed by atoms with van der Waals surface area (Å²) < 4.78 is 11.1. The topological polar surface area (TPSA) is 71.2 Å². The molecular weight excluding hydrogens is 344 g/mol. The van der Waals surface area contributed by atoms with Crippen molar-refractivity contribution in [2.75, 3.05) is 19.0 Å². The Labute approximate surface area is 157 Å². The molecule has 1 aromatic carbocycles. The number of carbonyl (C=O) groups is 2. The van der Waals surface area contributed by atoms with Crippen molar-refractivity contribution in [1.29, 1.82) is 0 Å². The number of carbonyl (C=O) groups excluding carboxylic acids is 2. The zero-order valence-corrected chi connectivity index (χ0v) is 15.5. The lowest BCUT2D eigenvalue weighted by Crippen LogP contribution is -2.64. The molecule has 4 heterocycles. The Morgan fingerprint density at radius 1 is 1.41 bits per heavy atom. The van der Waals surface area contributed by atoms with Crippen LogP contribution in [0.4, 0.5) is 5.69 Å². The van der Waals surface area contributed by atoms with E-state index in [9.17, 15) is 9.59 Å². The Morgan fingerprint density at radius 3 is 3.00 bits per heavy atom. The fraction of sp³-hybridized carbons (Fsp3) is 0.524. The van der Waals surface area contributed by atoms with Crippen molar-refractivity contribution in [2.45, 2.75) is 49.9 Å². The van der Waals surface area contributed by atoms with Crippen LogP contribution in [0, 0.1) is 5.41 Å². The van der Waals surface area contributed by atoms with Gasteiger partial charge in [0, 0.05) is 23.3 Å². The number of piperidine rings is 1. The summed E-state index contributed by atoms with van der Waals surface area (Å²) in [5, 5.41) is 3.54. The maximum absolute atomic E-state index is 13.0. The molecule has 5 unspecified atom stereocenters. The molecule has 1 aliphatic carbocycles. The molecule has 1 spiro atoms. The van der Waals surface area contributed by atoms with E-state index in [1.165, 1.54) is 12.7 Å². The fourth-order valence-corrected chi connectivity index (χ4v) is 6.61. The van der Waals surface area contributed by atoms with Gasteiger partial charge in [0.25, 0.3) is 5.91 Å². The summed E-state index contributed by atoms with van der Waals surface area (Å²) in [6, 6.07) is 8.27. The second-order valence-corrected chi connectivity index (χ2v) is 8.41. The van der Waals surface area contributed by atoms with E-state index in [1.807, 2.05) is 12.1 Å².